The van der Waals surface area contributed by atoms with Crippen molar-refractivity contribution in [3.8, 4) is 0 Å². The number of nitrogens with zero attached hydrogens (tertiary/aromatic N) is 3. The summed E-state index contributed by atoms with van der Waals surface area (Å²) in [5, 5.41) is 31.1. The maximum Gasteiger partial charge on any atom is 0.164 e. The van der Waals surface area contributed by atoms with Crippen molar-refractivity contribution in [2.45, 2.75) is 36.5 Å². The van der Waals surface area contributed by atoms with E-state index in [9.17, 15) is 15.3 Å². The number of ether oxygens (including phenoxy) is 1. The predicted octanol–water partition coefficient (Wildman–Crippen LogP) is 0.678. The van der Waals surface area contributed by atoms with Gasteiger partial charge in [0.1, 0.15) is 34.8 Å². The minimum Gasteiger partial charge on any atom is -0.394 e. The topological polar surface area (TPSA) is 101 Å². The quantitative estimate of drug-likeness (QED) is 0.369. The molecule has 22 heavy (non-hydrogen) atoms. The van der Waals surface area contributed by atoms with Crippen LogP contribution in [-0.2, 0) is 4.74 Å². The van der Waals surface area contributed by atoms with Crippen LogP contribution in [0.4, 0.5) is 0 Å². The number of aryl methyl sites for hydroxylation is 1. The zero-order valence-corrected chi connectivity index (χ0v) is 14.9. The molecule has 0 aromatic carbocycles. The molecule has 2 aromatic rings. The van der Waals surface area contributed by atoms with Crippen LogP contribution in [0.15, 0.2) is 11.2 Å². The first-order chi connectivity index (χ1) is 10.5. The van der Waals surface area contributed by atoms with Crippen molar-refractivity contribution in [1.82, 2.24) is 14.5 Å². The van der Waals surface area contributed by atoms with Gasteiger partial charge in [-0.2, -0.15) is 0 Å². The van der Waals surface area contributed by atoms with E-state index >= 15 is 0 Å². The van der Waals surface area contributed by atoms with Gasteiger partial charge in [0, 0.05) is 9.77 Å². The summed E-state index contributed by atoms with van der Waals surface area (Å²) in [6.45, 7) is 1.45. The fourth-order valence-corrected chi connectivity index (χ4v) is 4.24. The summed E-state index contributed by atoms with van der Waals surface area (Å²) >= 11 is 3.72. The Kier molecular flexibility index (Phi) is 4.63. The highest BCUT2D eigenvalue weighted by molar-refractivity contribution is 14.1. The molecule has 0 unspecified atom stereocenters. The number of fused-ring (bicyclic) bond motifs is 1. The van der Waals surface area contributed by atoms with Crippen molar-refractivity contribution >= 4 is 45.4 Å². The first-order valence-electron chi connectivity index (χ1n) is 6.69. The fraction of sp³-hybridized carbons (Fsp3) is 0.538. The summed E-state index contributed by atoms with van der Waals surface area (Å²) < 4.78 is 8.24. The van der Waals surface area contributed by atoms with Gasteiger partial charge in [-0.3, -0.25) is 0 Å². The van der Waals surface area contributed by atoms with Crippen molar-refractivity contribution < 1.29 is 20.1 Å². The first-order valence-corrected chi connectivity index (χ1v) is 8.99. The average molecular weight is 437 g/mol. The highest BCUT2D eigenvalue weighted by Crippen LogP contribution is 2.36. The van der Waals surface area contributed by atoms with Gasteiger partial charge in [-0.25, -0.2) is 9.97 Å². The molecule has 3 N–H and O–H groups in total. The maximum atomic E-state index is 10.2. The van der Waals surface area contributed by atoms with Gasteiger partial charge in [0.15, 0.2) is 6.23 Å². The molecule has 0 aliphatic carbocycles. The van der Waals surface area contributed by atoms with Crippen LogP contribution in [0, 0.1) is 10.5 Å². The Bertz CT molecular complexity index is 710. The van der Waals surface area contributed by atoms with Crippen LogP contribution >= 0.6 is 34.4 Å². The third-order valence-electron chi connectivity index (χ3n) is 3.69. The summed E-state index contributed by atoms with van der Waals surface area (Å²) in [6.07, 6.45) is -0.0922. The van der Waals surface area contributed by atoms with Gasteiger partial charge in [-0.15, -0.1) is 11.8 Å². The van der Waals surface area contributed by atoms with E-state index in [0.29, 0.717) is 11.5 Å². The summed E-state index contributed by atoms with van der Waals surface area (Å²) in [5.41, 5.74) is 0.649. The maximum absolute atomic E-state index is 10.2. The molecule has 1 saturated heterocycles. The smallest absolute Gasteiger partial charge is 0.164 e. The highest BCUT2D eigenvalue weighted by Gasteiger charge is 2.44. The standard InChI is InChI=1S/C13H16IN3O4S/c1-5-15-11-8(12(16-5)22-2)6(14)3-17(11)13-10(20)9(19)7(4-18)21-13/h3,7,9-10,13,18-20H,4H2,1-2H3/t7-,9-,10-,13-/m1/s1. The number of aliphatic hydroxyl groups is 3. The molecule has 2 aromatic heterocycles. The number of aliphatic hydroxyl groups excluding tert-OH is 3. The van der Waals surface area contributed by atoms with Gasteiger partial charge in [-0.1, -0.05) is 0 Å². The monoisotopic (exact) mass is 437 g/mol. The van der Waals surface area contributed by atoms with Gasteiger partial charge >= 0.3 is 0 Å². The van der Waals surface area contributed by atoms with E-state index in [4.69, 9.17) is 4.74 Å². The van der Waals surface area contributed by atoms with Crippen LogP contribution in [0.3, 0.4) is 0 Å². The van der Waals surface area contributed by atoms with Gasteiger partial charge in [0.25, 0.3) is 0 Å². The number of rotatable bonds is 3. The third kappa shape index (κ3) is 2.53. The summed E-state index contributed by atoms with van der Waals surface area (Å²) in [5.74, 6) is 0.624. The van der Waals surface area contributed by atoms with Crippen LogP contribution in [0.1, 0.15) is 12.1 Å². The van der Waals surface area contributed by atoms with Crippen LogP contribution in [0.25, 0.3) is 11.0 Å². The van der Waals surface area contributed by atoms with E-state index in [2.05, 4.69) is 32.6 Å². The fourth-order valence-electron chi connectivity index (χ4n) is 2.63. The van der Waals surface area contributed by atoms with Crippen molar-refractivity contribution in [3.05, 3.63) is 15.6 Å². The average Bonchev–Trinajstić information content (AvgIpc) is 2.97. The second kappa shape index (κ2) is 6.21. The molecule has 4 atom stereocenters. The molecule has 1 aliphatic rings. The molecule has 1 aliphatic heterocycles. The molecule has 9 heteroatoms. The number of halogens is 1. The van der Waals surface area contributed by atoms with E-state index in [0.717, 1.165) is 14.0 Å². The minimum atomic E-state index is -1.13. The number of aromatic nitrogens is 3. The lowest BCUT2D eigenvalue weighted by atomic mass is 10.1. The van der Waals surface area contributed by atoms with Crippen molar-refractivity contribution in [3.63, 3.8) is 0 Å². The zero-order valence-electron chi connectivity index (χ0n) is 12.0. The lowest BCUT2D eigenvalue weighted by molar-refractivity contribution is -0.0509. The lowest BCUT2D eigenvalue weighted by Gasteiger charge is -2.17. The molecule has 1 fully saturated rings. The minimum absolute atomic E-state index is 0.352. The van der Waals surface area contributed by atoms with E-state index < -0.39 is 24.5 Å². The molecule has 3 rings (SSSR count). The zero-order chi connectivity index (χ0) is 16.0. The van der Waals surface area contributed by atoms with E-state index in [1.54, 1.807) is 11.5 Å². The molecule has 0 radical (unpaired) electrons. The second-order valence-electron chi connectivity index (χ2n) is 5.09. The lowest BCUT2D eigenvalue weighted by Crippen LogP contribution is -2.33. The van der Waals surface area contributed by atoms with Crippen LogP contribution in [-0.4, -0.2) is 61.0 Å². The van der Waals surface area contributed by atoms with Crippen molar-refractivity contribution in [1.29, 1.82) is 0 Å². The Balaban J connectivity index is 2.14. The molecule has 7 nitrogen and oxygen atoms in total. The molecule has 0 spiro atoms. The molecule has 3 heterocycles. The number of thioether (sulfide) groups is 1. The highest BCUT2D eigenvalue weighted by atomic mass is 127. The van der Waals surface area contributed by atoms with Gasteiger partial charge in [-0.05, 0) is 35.8 Å². The Labute approximate surface area is 144 Å². The normalized spacial score (nSPS) is 28.6. The predicted molar refractivity (Wildman–Crippen MR) is 89.8 cm³/mol. The second-order valence-corrected chi connectivity index (χ2v) is 7.05. The van der Waals surface area contributed by atoms with Gasteiger partial charge in [0.05, 0.1) is 12.0 Å². The Morgan fingerprint density at radius 2 is 2.09 bits per heavy atom. The molecule has 0 amide bonds. The summed E-state index contributed by atoms with van der Waals surface area (Å²) in [4.78, 5) is 8.89. The van der Waals surface area contributed by atoms with Gasteiger partial charge in [0.2, 0.25) is 0 Å². The van der Waals surface area contributed by atoms with Crippen LogP contribution in [0.2, 0.25) is 0 Å². The summed E-state index contributed by atoms with van der Waals surface area (Å²) in [7, 11) is 0. The first kappa shape index (κ1) is 16.4. The van der Waals surface area contributed by atoms with Crippen LogP contribution in [0.5, 0.6) is 0 Å². The van der Waals surface area contributed by atoms with Crippen molar-refractivity contribution in [2.75, 3.05) is 12.9 Å². The largest absolute Gasteiger partial charge is 0.394 e. The molecular weight excluding hydrogens is 421 g/mol. The SMILES string of the molecule is CSc1nc(C)nc2c1c(I)cn2[C@@H]1O[C@H](CO)[C@@H](O)[C@H]1O. The molecule has 0 bridgehead atoms. The van der Waals surface area contributed by atoms with E-state index in [1.165, 1.54) is 11.8 Å². The molecular formula is C13H16IN3O4S. The molecule has 120 valence electrons. The Morgan fingerprint density at radius 1 is 1.36 bits per heavy atom. The van der Waals surface area contributed by atoms with E-state index in [1.807, 2.05) is 12.5 Å². The number of hydrogen-bond donors (Lipinski definition) is 3. The van der Waals surface area contributed by atoms with Crippen molar-refractivity contribution in [2.24, 2.45) is 0 Å². The van der Waals surface area contributed by atoms with Gasteiger partial charge < -0.3 is 24.6 Å². The summed E-state index contributed by atoms with van der Waals surface area (Å²) in [6, 6.07) is 0. The number of hydrogen-bond acceptors (Lipinski definition) is 7. The van der Waals surface area contributed by atoms with Crippen LogP contribution < -0.4 is 0 Å². The molecule has 0 saturated carbocycles. The Hall–Kier alpha value is -0.460. The Morgan fingerprint density at radius 3 is 2.68 bits per heavy atom. The van der Waals surface area contributed by atoms with E-state index in [-0.39, 0.29) is 6.61 Å². The third-order valence-corrected chi connectivity index (χ3v) is 5.19.